The number of hydrogen-bond acceptors (Lipinski definition) is 2. The van der Waals surface area contributed by atoms with Crippen molar-refractivity contribution in [2.75, 3.05) is 0 Å². The normalized spacial score (nSPS) is 10.3. The molecule has 2 rings (SSSR count). The molecular formula is C11H9ClN2O. The van der Waals surface area contributed by atoms with Gasteiger partial charge in [0.05, 0.1) is 10.6 Å². The van der Waals surface area contributed by atoms with Crippen LogP contribution in [0.1, 0.15) is 10.4 Å². The number of aldehydes is 1. The van der Waals surface area contributed by atoms with Crippen LogP contribution in [-0.2, 0) is 7.05 Å². The first-order valence-electron chi connectivity index (χ1n) is 4.46. The van der Waals surface area contributed by atoms with Crippen LogP contribution in [0, 0.1) is 0 Å². The molecule has 4 heteroatoms. The Hall–Kier alpha value is -1.61. The van der Waals surface area contributed by atoms with E-state index in [1.807, 2.05) is 18.2 Å². The summed E-state index contributed by atoms with van der Waals surface area (Å²) < 4.78 is 1.60. The molecule has 1 aromatic carbocycles. The fourth-order valence-corrected chi connectivity index (χ4v) is 1.68. The zero-order chi connectivity index (χ0) is 10.8. The predicted octanol–water partition coefficient (Wildman–Crippen LogP) is 2.55. The second kappa shape index (κ2) is 3.87. The van der Waals surface area contributed by atoms with Gasteiger partial charge in [-0.3, -0.25) is 9.48 Å². The van der Waals surface area contributed by atoms with E-state index in [9.17, 15) is 4.79 Å². The molecule has 0 saturated carbocycles. The van der Waals surface area contributed by atoms with Crippen molar-refractivity contribution >= 4 is 17.9 Å². The fourth-order valence-electron chi connectivity index (χ4n) is 1.46. The number of carbonyl (C=O) groups excluding carboxylic acids is 1. The van der Waals surface area contributed by atoms with Crippen LogP contribution in [-0.4, -0.2) is 16.1 Å². The number of rotatable bonds is 2. The second-order valence-electron chi connectivity index (χ2n) is 3.20. The van der Waals surface area contributed by atoms with Gasteiger partial charge in [-0.1, -0.05) is 29.8 Å². The Bertz CT molecular complexity index is 505. The standard InChI is InChI=1S/C11H9ClN2O/c1-14-6-8(7-15)11(13-14)9-4-2-3-5-10(9)12/h2-7H,1H3. The van der Waals surface area contributed by atoms with Crippen LogP contribution in [0.3, 0.4) is 0 Å². The van der Waals surface area contributed by atoms with Gasteiger partial charge in [-0.15, -0.1) is 0 Å². The lowest BCUT2D eigenvalue weighted by Crippen LogP contribution is -1.88. The van der Waals surface area contributed by atoms with Crippen molar-refractivity contribution < 1.29 is 4.79 Å². The van der Waals surface area contributed by atoms with Crippen molar-refractivity contribution in [3.63, 3.8) is 0 Å². The lowest BCUT2D eigenvalue weighted by atomic mass is 10.1. The number of aromatic nitrogens is 2. The number of carbonyl (C=O) groups is 1. The van der Waals surface area contributed by atoms with E-state index in [0.29, 0.717) is 16.3 Å². The Morgan fingerprint density at radius 1 is 1.40 bits per heavy atom. The van der Waals surface area contributed by atoms with Gasteiger partial charge in [-0.2, -0.15) is 5.10 Å². The molecule has 1 aromatic heterocycles. The summed E-state index contributed by atoms with van der Waals surface area (Å²) in [4.78, 5) is 10.8. The van der Waals surface area contributed by atoms with Crippen LogP contribution in [0.5, 0.6) is 0 Å². The molecule has 0 spiro atoms. The quantitative estimate of drug-likeness (QED) is 0.729. The molecule has 0 fully saturated rings. The van der Waals surface area contributed by atoms with Gasteiger partial charge < -0.3 is 0 Å². The number of benzene rings is 1. The van der Waals surface area contributed by atoms with Crippen LogP contribution in [0.15, 0.2) is 30.5 Å². The zero-order valence-corrected chi connectivity index (χ0v) is 8.90. The Kier molecular flexibility index (Phi) is 2.56. The van der Waals surface area contributed by atoms with Gasteiger partial charge in [-0.25, -0.2) is 0 Å². The molecule has 0 amide bonds. The molecule has 0 aliphatic rings. The highest BCUT2D eigenvalue weighted by atomic mass is 35.5. The number of hydrogen-bond donors (Lipinski definition) is 0. The highest BCUT2D eigenvalue weighted by molar-refractivity contribution is 6.33. The molecule has 76 valence electrons. The van der Waals surface area contributed by atoms with Gasteiger partial charge in [0.1, 0.15) is 5.69 Å². The van der Waals surface area contributed by atoms with Crippen LogP contribution in [0.2, 0.25) is 5.02 Å². The zero-order valence-electron chi connectivity index (χ0n) is 8.14. The Morgan fingerprint density at radius 3 is 2.80 bits per heavy atom. The van der Waals surface area contributed by atoms with Crippen molar-refractivity contribution in [3.05, 3.63) is 41.0 Å². The van der Waals surface area contributed by atoms with Crippen LogP contribution >= 0.6 is 11.6 Å². The molecule has 0 saturated heterocycles. The first kappa shape index (κ1) is 9.93. The van der Waals surface area contributed by atoms with E-state index in [4.69, 9.17) is 11.6 Å². The van der Waals surface area contributed by atoms with E-state index >= 15 is 0 Å². The van der Waals surface area contributed by atoms with Crippen molar-refractivity contribution in [2.45, 2.75) is 0 Å². The Morgan fingerprint density at radius 2 is 2.13 bits per heavy atom. The summed E-state index contributed by atoms with van der Waals surface area (Å²) in [6.07, 6.45) is 2.46. The van der Waals surface area contributed by atoms with E-state index in [0.717, 1.165) is 11.8 Å². The number of nitrogens with zero attached hydrogens (tertiary/aromatic N) is 2. The first-order valence-corrected chi connectivity index (χ1v) is 4.84. The van der Waals surface area contributed by atoms with E-state index in [1.165, 1.54) is 0 Å². The Balaban J connectivity index is 2.63. The van der Waals surface area contributed by atoms with Gasteiger partial charge in [0.2, 0.25) is 0 Å². The molecule has 0 bridgehead atoms. The first-order chi connectivity index (χ1) is 7.22. The highest BCUT2D eigenvalue weighted by Crippen LogP contribution is 2.27. The summed E-state index contributed by atoms with van der Waals surface area (Å²) in [6.45, 7) is 0. The minimum absolute atomic E-state index is 0.547. The fraction of sp³-hybridized carbons (Fsp3) is 0.0909. The van der Waals surface area contributed by atoms with Gasteiger partial charge in [0, 0.05) is 18.8 Å². The molecule has 0 aliphatic heterocycles. The SMILES string of the molecule is Cn1cc(C=O)c(-c2ccccc2Cl)n1. The van der Waals surface area contributed by atoms with Gasteiger partial charge in [0.15, 0.2) is 6.29 Å². The molecule has 15 heavy (non-hydrogen) atoms. The largest absolute Gasteiger partial charge is 0.298 e. The lowest BCUT2D eigenvalue weighted by Gasteiger charge is -2.00. The predicted molar refractivity (Wildman–Crippen MR) is 59.0 cm³/mol. The maximum atomic E-state index is 10.8. The summed E-state index contributed by atoms with van der Waals surface area (Å²) in [6, 6.07) is 7.33. The van der Waals surface area contributed by atoms with E-state index in [-0.39, 0.29) is 0 Å². The van der Waals surface area contributed by atoms with Crippen molar-refractivity contribution in [1.29, 1.82) is 0 Å². The van der Waals surface area contributed by atoms with Gasteiger partial charge >= 0.3 is 0 Å². The maximum Gasteiger partial charge on any atom is 0.153 e. The summed E-state index contributed by atoms with van der Waals surface area (Å²) >= 11 is 6.03. The number of aryl methyl sites for hydroxylation is 1. The summed E-state index contributed by atoms with van der Waals surface area (Å²) in [7, 11) is 1.77. The molecule has 1 heterocycles. The molecule has 3 nitrogen and oxygen atoms in total. The summed E-state index contributed by atoms with van der Waals surface area (Å²) in [5.41, 5.74) is 1.95. The highest BCUT2D eigenvalue weighted by Gasteiger charge is 2.11. The Labute approximate surface area is 92.3 Å². The van der Waals surface area contributed by atoms with E-state index in [1.54, 1.807) is 24.0 Å². The topological polar surface area (TPSA) is 34.9 Å². The molecule has 0 aliphatic carbocycles. The van der Waals surface area contributed by atoms with Crippen LogP contribution < -0.4 is 0 Å². The maximum absolute atomic E-state index is 10.8. The van der Waals surface area contributed by atoms with Gasteiger partial charge in [-0.05, 0) is 6.07 Å². The molecule has 0 atom stereocenters. The van der Waals surface area contributed by atoms with Crippen molar-refractivity contribution in [3.8, 4) is 11.3 Å². The molecule has 2 aromatic rings. The van der Waals surface area contributed by atoms with E-state index in [2.05, 4.69) is 5.10 Å². The average Bonchev–Trinajstić information content (AvgIpc) is 2.60. The summed E-state index contributed by atoms with van der Waals surface area (Å²) in [5, 5.41) is 4.81. The molecule has 0 radical (unpaired) electrons. The van der Waals surface area contributed by atoms with Crippen molar-refractivity contribution in [1.82, 2.24) is 9.78 Å². The number of halogens is 1. The third-order valence-electron chi connectivity index (χ3n) is 2.11. The average molecular weight is 221 g/mol. The van der Waals surface area contributed by atoms with Gasteiger partial charge in [0.25, 0.3) is 0 Å². The van der Waals surface area contributed by atoms with Crippen LogP contribution in [0.25, 0.3) is 11.3 Å². The van der Waals surface area contributed by atoms with Crippen molar-refractivity contribution in [2.24, 2.45) is 7.05 Å². The molecular weight excluding hydrogens is 212 g/mol. The minimum atomic E-state index is 0.547. The third-order valence-corrected chi connectivity index (χ3v) is 2.44. The molecule has 0 unspecified atom stereocenters. The monoisotopic (exact) mass is 220 g/mol. The smallest absolute Gasteiger partial charge is 0.153 e. The molecule has 0 N–H and O–H groups in total. The summed E-state index contributed by atoms with van der Waals surface area (Å²) in [5.74, 6) is 0. The van der Waals surface area contributed by atoms with Crippen LogP contribution in [0.4, 0.5) is 0 Å². The van der Waals surface area contributed by atoms with E-state index < -0.39 is 0 Å². The minimum Gasteiger partial charge on any atom is -0.298 e. The lowest BCUT2D eigenvalue weighted by molar-refractivity contribution is 0.112. The third kappa shape index (κ3) is 1.78. The second-order valence-corrected chi connectivity index (χ2v) is 3.61.